The normalized spacial score (nSPS) is 19.6. The van der Waals surface area contributed by atoms with Gasteiger partial charge >= 0.3 is 0 Å². The average Bonchev–Trinajstić information content (AvgIpc) is 3.45. The fraction of sp³-hybridized carbons (Fsp3) is 0.267. The molecular weight excluding hydrogens is 514 g/mol. The Morgan fingerprint density at radius 2 is 1.61 bits per heavy atom. The van der Waals surface area contributed by atoms with Gasteiger partial charge in [0.05, 0.1) is 31.0 Å². The fourth-order valence-corrected chi connectivity index (χ4v) is 6.14. The Morgan fingerprint density at radius 1 is 0.921 bits per heavy atom. The smallest absolute Gasteiger partial charge is 0.174 e. The summed E-state index contributed by atoms with van der Waals surface area (Å²) in [6.07, 6.45) is 1.83. The van der Waals surface area contributed by atoms with E-state index >= 15 is 0 Å². The molecule has 38 heavy (non-hydrogen) atoms. The predicted octanol–water partition coefficient (Wildman–Crippen LogP) is 6.16. The number of hydrogen-bond acceptors (Lipinski definition) is 4. The summed E-state index contributed by atoms with van der Waals surface area (Å²) in [7, 11) is 0. The lowest BCUT2D eigenvalue weighted by molar-refractivity contribution is 0.122. The molecular formula is C30H30ClN5OS. The summed E-state index contributed by atoms with van der Waals surface area (Å²) in [6.45, 7) is 7.76. The molecule has 6 nitrogen and oxygen atoms in total. The molecule has 0 saturated carbocycles. The summed E-state index contributed by atoms with van der Waals surface area (Å²) in [4.78, 5) is 9.26. The van der Waals surface area contributed by atoms with Crippen LogP contribution >= 0.6 is 23.8 Å². The topological polar surface area (TPSA) is 45.6 Å². The second kappa shape index (κ2) is 10.4. The number of nitrogens with zero attached hydrogens (tertiary/aromatic N) is 4. The van der Waals surface area contributed by atoms with E-state index in [9.17, 15) is 0 Å². The van der Waals surface area contributed by atoms with Crippen molar-refractivity contribution in [2.45, 2.75) is 25.9 Å². The van der Waals surface area contributed by atoms with Crippen LogP contribution in [0.1, 0.15) is 34.7 Å². The van der Waals surface area contributed by atoms with Crippen LogP contribution in [0.15, 0.2) is 79.0 Å². The Bertz CT molecular complexity index is 1430. The van der Waals surface area contributed by atoms with E-state index in [4.69, 9.17) is 33.5 Å². The van der Waals surface area contributed by atoms with Gasteiger partial charge in [-0.25, -0.2) is 0 Å². The maximum absolute atomic E-state index is 6.22. The van der Waals surface area contributed by atoms with Crippen LogP contribution < -0.4 is 15.1 Å². The highest BCUT2D eigenvalue weighted by Crippen LogP contribution is 2.44. The third kappa shape index (κ3) is 4.55. The number of benzene rings is 2. The molecule has 0 amide bonds. The van der Waals surface area contributed by atoms with E-state index in [2.05, 4.69) is 69.9 Å². The van der Waals surface area contributed by atoms with Crippen LogP contribution in [0.5, 0.6) is 0 Å². The molecule has 2 saturated heterocycles. The second-order valence-corrected chi connectivity index (χ2v) is 10.6. The first-order valence-electron chi connectivity index (χ1n) is 12.9. The van der Waals surface area contributed by atoms with Crippen LogP contribution in [0.4, 0.5) is 11.4 Å². The van der Waals surface area contributed by atoms with E-state index in [0.29, 0.717) is 10.1 Å². The van der Waals surface area contributed by atoms with Crippen molar-refractivity contribution < 1.29 is 4.74 Å². The fourth-order valence-electron chi connectivity index (χ4n) is 5.67. The zero-order chi connectivity index (χ0) is 26.2. The van der Waals surface area contributed by atoms with Gasteiger partial charge in [-0.2, -0.15) is 0 Å². The minimum absolute atomic E-state index is 0.0776. The molecule has 2 aromatic carbocycles. The molecule has 2 aromatic heterocycles. The van der Waals surface area contributed by atoms with E-state index in [0.717, 1.165) is 43.4 Å². The van der Waals surface area contributed by atoms with Gasteiger partial charge in [-0.15, -0.1) is 0 Å². The Labute approximate surface area is 233 Å². The Balaban J connectivity index is 1.41. The number of pyridine rings is 1. The maximum atomic E-state index is 6.22. The highest BCUT2D eigenvalue weighted by molar-refractivity contribution is 7.80. The first-order valence-corrected chi connectivity index (χ1v) is 13.7. The Kier molecular flexibility index (Phi) is 6.82. The first-order chi connectivity index (χ1) is 18.5. The molecule has 2 aliphatic heterocycles. The third-order valence-corrected chi connectivity index (χ3v) is 8.04. The number of nitrogens with one attached hydrogen (secondary N) is 1. The van der Waals surface area contributed by atoms with Gasteiger partial charge in [0.15, 0.2) is 5.11 Å². The number of thiocarbonyl (C=S) groups is 1. The number of aromatic nitrogens is 2. The Hall–Kier alpha value is -3.39. The monoisotopic (exact) mass is 543 g/mol. The number of rotatable bonds is 5. The Morgan fingerprint density at radius 3 is 2.29 bits per heavy atom. The molecule has 0 bridgehead atoms. The summed E-state index contributed by atoms with van der Waals surface area (Å²) in [6, 6.07) is 24.8. The van der Waals surface area contributed by atoms with Gasteiger partial charge in [0.1, 0.15) is 0 Å². The molecule has 2 atom stereocenters. The minimum Gasteiger partial charge on any atom is -0.378 e. The van der Waals surface area contributed by atoms with Crippen LogP contribution in [0.25, 0.3) is 5.69 Å². The molecule has 4 aromatic rings. The lowest BCUT2D eigenvalue weighted by Gasteiger charge is -2.29. The molecule has 1 N–H and O–H groups in total. The van der Waals surface area contributed by atoms with Crippen LogP contribution in [0.2, 0.25) is 5.02 Å². The van der Waals surface area contributed by atoms with Gasteiger partial charge in [0.25, 0.3) is 0 Å². The lowest BCUT2D eigenvalue weighted by atomic mass is 9.96. The third-order valence-electron chi connectivity index (χ3n) is 7.48. The van der Waals surface area contributed by atoms with Gasteiger partial charge in [-0.1, -0.05) is 17.7 Å². The van der Waals surface area contributed by atoms with E-state index in [1.165, 1.54) is 22.6 Å². The van der Waals surface area contributed by atoms with Crippen molar-refractivity contribution in [3.8, 4) is 5.69 Å². The number of morpholine rings is 1. The quantitative estimate of drug-likeness (QED) is 0.304. The maximum Gasteiger partial charge on any atom is 0.174 e. The van der Waals surface area contributed by atoms with E-state index < -0.39 is 0 Å². The van der Waals surface area contributed by atoms with Crippen LogP contribution in [0.3, 0.4) is 0 Å². The van der Waals surface area contributed by atoms with Gasteiger partial charge < -0.3 is 24.4 Å². The number of ether oxygens (including phenoxy) is 1. The molecule has 0 aliphatic carbocycles. The zero-order valence-electron chi connectivity index (χ0n) is 21.5. The molecule has 8 heteroatoms. The second-order valence-electron chi connectivity index (χ2n) is 9.75. The molecule has 0 unspecified atom stereocenters. The summed E-state index contributed by atoms with van der Waals surface area (Å²) in [5.74, 6) is 0. The average molecular weight is 544 g/mol. The van der Waals surface area contributed by atoms with Crippen molar-refractivity contribution in [1.29, 1.82) is 0 Å². The standard InChI is InChI=1S/C30H30ClN5OS/c1-20-19-26(21(2)35(20)24-12-10-23(11-13-24)34-15-17-37-18-16-34)29-28(27-5-3-4-14-32-27)33-30(38)36(29)25-8-6-22(31)7-9-25/h3-14,19,28-29H,15-18H2,1-2H3,(H,33,38)/t28-,29-/m1/s1. The van der Waals surface area contributed by atoms with Crippen molar-refractivity contribution in [2.75, 3.05) is 36.1 Å². The van der Waals surface area contributed by atoms with Crippen molar-refractivity contribution >= 4 is 40.3 Å². The number of halogens is 1. The zero-order valence-corrected chi connectivity index (χ0v) is 23.0. The summed E-state index contributed by atoms with van der Waals surface area (Å²) in [5.41, 5.74) is 7.88. The molecule has 2 aliphatic rings. The van der Waals surface area contributed by atoms with Crippen LogP contribution in [-0.2, 0) is 4.74 Å². The number of aryl methyl sites for hydroxylation is 1. The largest absolute Gasteiger partial charge is 0.378 e. The summed E-state index contributed by atoms with van der Waals surface area (Å²) < 4.78 is 7.85. The van der Waals surface area contributed by atoms with E-state index in [1.54, 1.807) is 0 Å². The highest BCUT2D eigenvalue weighted by Gasteiger charge is 2.42. The van der Waals surface area contributed by atoms with Crippen LogP contribution in [0, 0.1) is 13.8 Å². The molecule has 0 radical (unpaired) electrons. The molecule has 0 spiro atoms. The van der Waals surface area contributed by atoms with E-state index in [-0.39, 0.29) is 12.1 Å². The SMILES string of the molecule is Cc1cc([C@@H]2[C@@H](c3ccccn3)NC(=S)N2c2ccc(Cl)cc2)c(C)n1-c1ccc(N2CCOCC2)cc1. The highest BCUT2D eigenvalue weighted by atomic mass is 35.5. The molecule has 194 valence electrons. The first kappa shape index (κ1) is 24.9. The van der Waals surface area contributed by atoms with Crippen molar-refractivity contribution in [3.63, 3.8) is 0 Å². The van der Waals surface area contributed by atoms with Gasteiger partial charge in [0, 0.05) is 52.8 Å². The van der Waals surface area contributed by atoms with E-state index in [1.807, 2.05) is 42.6 Å². The number of anilines is 2. The lowest BCUT2D eigenvalue weighted by Crippen LogP contribution is -2.36. The van der Waals surface area contributed by atoms with Crippen molar-refractivity contribution in [1.82, 2.24) is 14.9 Å². The van der Waals surface area contributed by atoms with Crippen LogP contribution in [-0.4, -0.2) is 41.0 Å². The van der Waals surface area contributed by atoms with Gasteiger partial charge in [-0.05, 0) is 98.4 Å². The number of hydrogen-bond donors (Lipinski definition) is 1. The molecule has 4 heterocycles. The molecule has 6 rings (SSSR count). The molecule has 2 fully saturated rings. The van der Waals surface area contributed by atoms with Crippen molar-refractivity contribution in [2.24, 2.45) is 0 Å². The predicted molar refractivity (Wildman–Crippen MR) is 158 cm³/mol. The van der Waals surface area contributed by atoms with Gasteiger partial charge in [-0.3, -0.25) is 4.98 Å². The van der Waals surface area contributed by atoms with Crippen molar-refractivity contribution in [3.05, 3.63) is 107 Å². The van der Waals surface area contributed by atoms with Gasteiger partial charge in [0.2, 0.25) is 0 Å². The summed E-state index contributed by atoms with van der Waals surface area (Å²) >= 11 is 12.1. The summed E-state index contributed by atoms with van der Waals surface area (Å²) in [5, 5.41) is 4.93. The minimum atomic E-state index is -0.1000.